The Morgan fingerprint density at radius 3 is 2.83 bits per heavy atom. The maximum absolute atomic E-state index is 12.9. The number of fused-ring (bicyclic) bond motifs is 1. The lowest BCUT2D eigenvalue weighted by Crippen LogP contribution is -2.43. The first-order chi connectivity index (χ1) is 14.1. The van der Waals surface area contributed by atoms with E-state index in [9.17, 15) is 4.79 Å². The molecule has 4 heterocycles. The summed E-state index contributed by atoms with van der Waals surface area (Å²) >= 11 is 0. The van der Waals surface area contributed by atoms with E-state index in [0.717, 1.165) is 45.7 Å². The first-order valence-electron chi connectivity index (χ1n) is 10.2. The minimum Gasteiger partial charge on any atom is -0.380 e. The van der Waals surface area contributed by atoms with Gasteiger partial charge in [0.2, 0.25) is 0 Å². The number of carbonyl (C=O) groups is 1. The van der Waals surface area contributed by atoms with Crippen molar-refractivity contribution in [1.29, 1.82) is 0 Å². The monoisotopic (exact) mass is 391 g/mol. The number of hydrogen-bond donors (Lipinski definition) is 0. The van der Waals surface area contributed by atoms with Crippen LogP contribution in [0.2, 0.25) is 0 Å². The van der Waals surface area contributed by atoms with Crippen LogP contribution in [0.3, 0.4) is 0 Å². The van der Waals surface area contributed by atoms with Crippen molar-refractivity contribution in [2.45, 2.75) is 32.2 Å². The van der Waals surface area contributed by atoms with Gasteiger partial charge in [0.05, 0.1) is 26.0 Å². The second-order valence-electron chi connectivity index (χ2n) is 8.62. The van der Waals surface area contributed by atoms with E-state index in [4.69, 9.17) is 4.74 Å². The average Bonchev–Trinajstić information content (AvgIpc) is 3.20. The van der Waals surface area contributed by atoms with Crippen LogP contribution in [-0.2, 0) is 11.3 Å². The molecule has 0 aliphatic carbocycles. The molecule has 0 N–H and O–H groups in total. The number of ether oxygens (including phenoxy) is 1. The Hall–Kier alpha value is -2.80. The van der Waals surface area contributed by atoms with Gasteiger partial charge in [-0.2, -0.15) is 0 Å². The summed E-state index contributed by atoms with van der Waals surface area (Å²) in [6.07, 6.45) is 7.45. The fourth-order valence-electron chi connectivity index (χ4n) is 4.47. The highest BCUT2D eigenvalue weighted by molar-refractivity contribution is 5.92. The Balaban J connectivity index is 1.25. The molecule has 7 nitrogen and oxygen atoms in total. The quantitative estimate of drug-likeness (QED) is 0.684. The summed E-state index contributed by atoms with van der Waals surface area (Å²) in [5, 5.41) is 10.7. The molecule has 1 amide bonds. The minimum atomic E-state index is -0.0215. The smallest absolute Gasteiger partial charge is 0.276 e. The molecule has 2 aliphatic heterocycles. The predicted octanol–water partition coefficient (Wildman–Crippen LogP) is 2.88. The van der Waals surface area contributed by atoms with Gasteiger partial charge in [0.25, 0.3) is 5.91 Å². The van der Waals surface area contributed by atoms with E-state index in [2.05, 4.69) is 46.5 Å². The van der Waals surface area contributed by atoms with E-state index in [-0.39, 0.29) is 11.3 Å². The Bertz CT molecular complexity index is 1030. The molecule has 0 radical (unpaired) electrons. The average molecular weight is 391 g/mol. The summed E-state index contributed by atoms with van der Waals surface area (Å²) in [7, 11) is 0. The highest BCUT2D eigenvalue weighted by Crippen LogP contribution is 2.33. The van der Waals surface area contributed by atoms with Crippen LogP contribution < -0.4 is 0 Å². The van der Waals surface area contributed by atoms with E-state index in [1.54, 1.807) is 10.9 Å². The van der Waals surface area contributed by atoms with Gasteiger partial charge in [-0.15, -0.1) is 5.10 Å². The Kier molecular flexibility index (Phi) is 4.54. The standard InChI is InChI=1S/C22H25N5O2/c1-22(14-29-15-22)13-27-12-20(24-25-27)21(28)26-9-6-16(7-10-26)18-4-2-3-17-11-23-8-5-19(17)18/h2-5,8,11-12,16H,6-7,9-10,13-15H2,1H3. The number of amides is 1. The van der Waals surface area contributed by atoms with Gasteiger partial charge >= 0.3 is 0 Å². The zero-order chi connectivity index (χ0) is 19.8. The molecule has 0 atom stereocenters. The molecule has 3 aromatic rings. The molecule has 0 saturated carbocycles. The Labute approximate surface area is 169 Å². The fourth-order valence-corrected chi connectivity index (χ4v) is 4.47. The van der Waals surface area contributed by atoms with Crippen LogP contribution >= 0.6 is 0 Å². The number of rotatable bonds is 4. The zero-order valence-corrected chi connectivity index (χ0v) is 16.6. The van der Waals surface area contributed by atoms with Gasteiger partial charge in [-0.05, 0) is 35.8 Å². The molecule has 5 rings (SSSR count). The van der Waals surface area contributed by atoms with Gasteiger partial charge in [0.1, 0.15) is 0 Å². The molecule has 2 saturated heterocycles. The van der Waals surface area contributed by atoms with Crippen molar-refractivity contribution in [3.8, 4) is 0 Å². The van der Waals surface area contributed by atoms with Crippen molar-refractivity contribution in [3.63, 3.8) is 0 Å². The van der Waals surface area contributed by atoms with E-state index in [1.165, 1.54) is 16.3 Å². The van der Waals surface area contributed by atoms with Crippen LogP contribution in [-0.4, -0.2) is 57.1 Å². The van der Waals surface area contributed by atoms with Crippen molar-refractivity contribution in [2.75, 3.05) is 26.3 Å². The van der Waals surface area contributed by atoms with Crippen LogP contribution in [0.4, 0.5) is 0 Å². The van der Waals surface area contributed by atoms with Gasteiger partial charge in [0.15, 0.2) is 5.69 Å². The van der Waals surface area contributed by atoms with Crippen molar-refractivity contribution in [3.05, 3.63) is 54.1 Å². The summed E-state index contributed by atoms with van der Waals surface area (Å²) in [6, 6.07) is 8.50. The van der Waals surface area contributed by atoms with E-state index in [0.29, 0.717) is 11.6 Å². The second kappa shape index (κ2) is 7.22. The maximum Gasteiger partial charge on any atom is 0.276 e. The molecular formula is C22H25N5O2. The summed E-state index contributed by atoms with van der Waals surface area (Å²) in [5.41, 5.74) is 1.89. The number of benzene rings is 1. The third-order valence-corrected chi connectivity index (χ3v) is 6.14. The lowest BCUT2D eigenvalue weighted by atomic mass is 9.86. The lowest BCUT2D eigenvalue weighted by Gasteiger charge is -2.37. The normalized spacial score (nSPS) is 19.3. The maximum atomic E-state index is 12.9. The molecule has 0 bridgehead atoms. The molecule has 0 unspecified atom stereocenters. The highest BCUT2D eigenvalue weighted by Gasteiger charge is 2.34. The van der Waals surface area contributed by atoms with Crippen molar-refractivity contribution < 1.29 is 9.53 Å². The van der Waals surface area contributed by atoms with Crippen molar-refractivity contribution >= 4 is 16.7 Å². The van der Waals surface area contributed by atoms with Crippen LogP contribution in [0.5, 0.6) is 0 Å². The highest BCUT2D eigenvalue weighted by atomic mass is 16.5. The summed E-state index contributed by atoms with van der Waals surface area (Å²) < 4.78 is 7.06. The molecule has 7 heteroatoms. The zero-order valence-electron chi connectivity index (χ0n) is 16.6. The van der Waals surface area contributed by atoms with E-state index < -0.39 is 0 Å². The number of carbonyl (C=O) groups excluding carboxylic acids is 1. The SMILES string of the molecule is CC1(Cn2cc(C(=O)N3CCC(c4cccc5cnccc45)CC3)nn2)COC1. The van der Waals surface area contributed by atoms with Crippen LogP contribution in [0.15, 0.2) is 42.9 Å². The topological polar surface area (TPSA) is 73.1 Å². The number of nitrogens with zero attached hydrogens (tertiary/aromatic N) is 5. The van der Waals surface area contributed by atoms with Gasteiger partial charge in [-0.25, -0.2) is 0 Å². The fraction of sp³-hybridized carbons (Fsp3) is 0.455. The van der Waals surface area contributed by atoms with Crippen LogP contribution in [0, 0.1) is 5.41 Å². The lowest BCUT2D eigenvalue weighted by molar-refractivity contribution is -0.111. The van der Waals surface area contributed by atoms with Crippen molar-refractivity contribution in [2.24, 2.45) is 5.41 Å². The summed E-state index contributed by atoms with van der Waals surface area (Å²) in [5.74, 6) is 0.436. The largest absolute Gasteiger partial charge is 0.380 e. The van der Waals surface area contributed by atoms with E-state index in [1.807, 2.05) is 17.3 Å². The summed E-state index contributed by atoms with van der Waals surface area (Å²) in [4.78, 5) is 19.0. The molecule has 29 heavy (non-hydrogen) atoms. The van der Waals surface area contributed by atoms with Gasteiger partial charge in [0, 0.05) is 36.3 Å². The molecule has 0 spiro atoms. The van der Waals surface area contributed by atoms with E-state index >= 15 is 0 Å². The minimum absolute atomic E-state index is 0.0215. The van der Waals surface area contributed by atoms with Crippen molar-refractivity contribution in [1.82, 2.24) is 24.9 Å². The number of piperidine rings is 1. The Morgan fingerprint density at radius 2 is 2.07 bits per heavy atom. The third-order valence-electron chi connectivity index (χ3n) is 6.14. The third kappa shape index (κ3) is 3.51. The molecule has 1 aromatic carbocycles. The number of aromatic nitrogens is 4. The number of pyridine rings is 1. The molecule has 2 aromatic heterocycles. The van der Waals surface area contributed by atoms with Gasteiger partial charge in [-0.3, -0.25) is 14.5 Å². The first kappa shape index (κ1) is 18.2. The van der Waals surface area contributed by atoms with Gasteiger partial charge in [-0.1, -0.05) is 30.3 Å². The Morgan fingerprint density at radius 1 is 1.24 bits per heavy atom. The predicted molar refractivity (Wildman–Crippen MR) is 109 cm³/mol. The molecule has 2 aliphatic rings. The molecular weight excluding hydrogens is 366 g/mol. The summed E-state index contributed by atoms with van der Waals surface area (Å²) in [6.45, 7) is 5.83. The number of likely N-dealkylation sites (tertiary alicyclic amines) is 1. The van der Waals surface area contributed by atoms with Crippen LogP contribution in [0.1, 0.15) is 41.7 Å². The number of hydrogen-bond acceptors (Lipinski definition) is 5. The first-order valence-corrected chi connectivity index (χ1v) is 10.2. The molecule has 2 fully saturated rings. The molecule has 150 valence electrons. The second-order valence-corrected chi connectivity index (χ2v) is 8.62. The van der Waals surface area contributed by atoms with Crippen LogP contribution in [0.25, 0.3) is 10.8 Å². The van der Waals surface area contributed by atoms with Gasteiger partial charge < -0.3 is 9.64 Å².